The molecule has 4 rings (SSSR count). The zero-order chi connectivity index (χ0) is 12.7. The number of nitrogens with one attached hydrogen (secondary N) is 1. The van der Waals surface area contributed by atoms with Crippen molar-refractivity contribution in [3.63, 3.8) is 0 Å². The molecule has 0 bridgehead atoms. The normalized spacial score (nSPS) is 11.2. The van der Waals surface area contributed by atoms with E-state index in [1.54, 1.807) is 0 Å². The predicted octanol–water partition coefficient (Wildman–Crippen LogP) is 4.99. The van der Waals surface area contributed by atoms with E-state index in [4.69, 9.17) is 0 Å². The third-order valence-electron chi connectivity index (χ3n) is 3.64. The van der Waals surface area contributed by atoms with E-state index >= 15 is 0 Å². The fraction of sp³-hybridized carbons (Fsp3) is 0. The van der Waals surface area contributed by atoms with E-state index in [1.165, 1.54) is 32.8 Å². The lowest BCUT2D eigenvalue weighted by Gasteiger charge is -2.04. The average Bonchev–Trinajstić information content (AvgIpc) is 2.94. The predicted molar refractivity (Wildman–Crippen MR) is 81.2 cm³/mol. The Hall–Kier alpha value is -2.54. The Labute approximate surface area is 111 Å². The summed E-state index contributed by atoms with van der Waals surface area (Å²) in [6.07, 6.45) is 1.98. The van der Waals surface area contributed by atoms with Gasteiger partial charge < -0.3 is 4.98 Å². The van der Waals surface area contributed by atoms with E-state index in [0.29, 0.717) is 0 Å². The maximum Gasteiger partial charge on any atom is 0.0454 e. The molecule has 0 saturated heterocycles. The first-order valence-electron chi connectivity index (χ1n) is 6.46. The smallest absolute Gasteiger partial charge is 0.0454 e. The van der Waals surface area contributed by atoms with Gasteiger partial charge >= 0.3 is 0 Å². The molecule has 1 N–H and O–H groups in total. The SMILES string of the molecule is c1ccc2cc(-c3ccc4[nH]ccc4c3)ccc2c1. The molecule has 1 heterocycles. The highest BCUT2D eigenvalue weighted by Crippen LogP contribution is 2.27. The topological polar surface area (TPSA) is 15.8 Å². The molecule has 3 aromatic carbocycles. The zero-order valence-electron chi connectivity index (χ0n) is 10.4. The summed E-state index contributed by atoms with van der Waals surface area (Å²) in [6.45, 7) is 0. The fourth-order valence-electron chi connectivity index (χ4n) is 2.60. The van der Waals surface area contributed by atoms with Crippen LogP contribution in [0.25, 0.3) is 32.8 Å². The van der Waals surface area contributed by atoms with Crippen LogP contribution in [0.1, 0.15) is 0 Å². The van der Waals surface area contributed by atoms with E-state index in [2.05, 4.69) is 71.7 Å². The van der Waals surface area contributed by atoms with Crippen molar-refractivity contribution in [3.8, 4) is 11.1 Å². The fourth-order valence-corrected chi connectivity index (χ4v) is 2.60. The third kappa shape index (κ3) is 1.71. The van der Waals surface area contributed by atoms with Gasteiger partial charge in [-0.05, 0) is 51.6 Å². The molecule has 0 radical (unpaired) electrons. The lowest BCUT2D eigenvalue weighted by Crippen LogP contribution is -1.79. The molecule has 0 saturated carbocycles. The number of benzene rings is 3. The van der Waals surface area contributed by atoms with Crippen LogP contribution in [0.3, 0.4) is 0 Å². The summed E-state index contributed by atoms with van der Waals surface area (Å²) in [5.41, 5.74) is 3.71. The van der Waals surface area contributed by atoms with E-state index in [0.717, 1.165) is 0 Å². The minimum atomic E-state index is 1.18. The zero-order valence-corrected chi connectivity index (χ0v) is 10.4. The number of hydrogen-bond donors (Lipinski definition) is 1. The second-order valence-corrected chi connectivity index (χ2v) is 4.84. The Morgan fingerprint density at radius 3 is 2.21 bits per heavy atom. The van der Waals surface area contributed by atoms with Crippen molar-refractivity contribution in [1.82, 2.24) is 4.98 Å². The Balaban J connectivity index is 1.92. The van der Waals surface area contributed by atoms with Gasteiger partial charge in [-0.1, -0.05) is 42.5 Å². The Bertz CT molecular complexity index is 871. The van der Waals surface area contributed by atoms with Crippen molar-refractivity contribution in [2.45, 2.75) is 0 Å². The second kappa shape index (κ2) is 3.99. The number of rotatable bonds is 1. The summed E-state index contributed by atoms with van der Waals surface area (Å²) < 4.78 is 0. The summed E-state index contributed by atoms with van der Waals surface area (Å²) in [6, 6.07) is 23.8. The molecule has 0 spiro atoms. The third-order valence-corrected chi connectivity index (χ3v) is 3.64. The maximum atomic E-state index is 3.23. The van der Waals surface area contributed by atoms with Crippen LogP contribution < -0.4 is 0 Å². The first-order chi connectivity index (χ1) is 9.40. The van der Waals surface area contributed by atoms with Crippen LogP contribution in [0.4, 0.5) is 0 Å². The van der Waals surface area contributed by atoms with Crippen LogP contribution >= 0.6 is 0 Å². The highest BCUT2D eigenvalue weighted by atomic mass is 14.7. The van der Waals surface area contributed by atoms with Gasteiger partial charge in [0.25, 0.3) is 0 Å². The molecule has 0 aliphatic rings. The van der Waals surface area contributed by atoms with Gasteiger partial charge in [0.2, 0.25) is 0 Å². The molecule has 1 nitrogen and oxygen atoms in total. The Morgan fingerprint density at radius 1 is 0.579 bits per heavy atom. The van der Waals surface area contributed by atoms with Gasteiger partial charge in [-0.15, -0.1) is 0 Å². The van der Waals surface area contributed by atoms with E-state index in [1.807, 2.05) is 6.20 Å². The van der Waals surface area contributed by atoms with E-state index in [9.17, 15) is 0 Å². The average molecular weight is 243 g/mol. The standard InChI is InChI=1S/C18H13N/c1-2-4-14-11-15(6-5-13(14)3-1)16-7-8-18-17(12-16)9-10-19-18/h1-12,19H. The number of aromatic nitrogens is 1. The number of hydrogen-bond acceptors (Lipinski definition) is 0. The second-order valence-electron chi connectivity index (χ2n) is 4.84. The monoisotopic (exact) mass is 243 g/mol. The first kappa shape index (κ1) is 10.4. The largest absolute Gasteiger partial charge is 0.361 e. The van der Waals surface area contributed by atoms with Crippen molar-refractivity contribution in [2.24, 2.45) is 0 Å². The van der Waals surface area contributed by atoms with Crippen LogP contribution in [0.2, 0.25) is 0 Å². The molecule has 19 heavy (non-hydrogen) atoms. The van der Waals surface area contributed by atoms with Gasteiger partial charge in [0, 0.05) is 11.7 Å². The van der Waals surface area contributed by atoms with E-state index < -0.39 is 0 Å². The minimum absolute atomic E-state index is 1.18. The van der Waals surface area contributed by atoms with Crippen LogP contribution in [0.15, 0.2) is 72.9 Å². The first-order valence-corrected chi connectivity index (χ1v) is 6.46. The van der Waals surface area contributed by atoms with Crippen molar-refractivity contribution < 1.29 is 0 Å². The summed E-state index contributed by atoms with van der Waals surface area (Å²) in [5.74, 6) is 0. The molecule has 0 atom stereocenters. The van der Waals surface area contributed by atoms with Crippen LogP contribution in [-0.2, 0) is 0 Å². The maximum absolute atomic E-state index is 3.23. The molecule has 0 amide bonds. The minimum Gasteiger partial charge on any atom is -0.361 e. The molecule has 0 unspecified atom stereocenters. The molecule has 1 heteroatoms. The number of aromatic amines is 1. The van der Waals surface area contributed by atoms with Crippen LogP contribution in [0.5, 0.6) is 0 Å². The lowest BCUT2D eigenvalue weighted by atomic mass is 10.0. The molecule has 0 aliphatic carbocycles. The summed E-state index contributed by atoms with van der Waals surface area (Å²) >= 11 is 0. The molecule has 0 fully saturated rings. The van der Waals surface area contributed by atoms with Gasteiger partial charge in [-0.3, -0.25) is 0 Å². The quantitative estimate of drug-likeness (QED) is 0.485. The molecule has 4 aromatic rings. The summed E-state index contributed by atoms with van der Waals surface area (Å²) in [5, 5.41) is 3.83. The van der Waals surface area contributed by atoms with Gasteiger partial charge in [0.15, 0.2) is 0 Å². The number of H-pyrrole nitrogens is 1. The van der Waals surface area contributed by atoms with Gasteiger partial charge in [-0.25, -0.2) is 0 Å². The summed E-state index contributed by atoms with van der Waals surface area (Å²) in [7, 11) is 0. The van der Waals surface area contributed by atoms with Gasteiger partial charge in [0.1, 0.15) is 0 Å². The Kier molecular flexibility index (Phi) is 2.18. The van der Waals surface area contributed by atoms with Crippen molar-refractivity contribution in [1.29, 1.82) is 0 Å². The highest BCUT2D eigenvalue weighted by molar-refractivity contribution is 5.90. The highest BCUT2D eigenvalue weighted by Gasteiger charge is 2.01. The Morgan fingerprint density at radius 2 is 1.32 bits per heavy atom. The van der Waals surface area contributed by atoms with Crippen molar-refractivity contribution in [2.75, 3.05) is 0 Å². The molecule has 0 aliphatic heterocycles. The van der Waals surface area contributed by atoms with Crippen LogP contribution in [0, 0.1) is 0 Å². The molecular formula is C18H13N. The summed E-state index contributed by atoms with van der Waals surface area (Å²) in [4.78, 5) is 3.23. The lowest BCUT2D eigenvalue weighted by molar-refractivity contribution is 1.48. The van der Waals surface area contributed by atoms with Crippen molar-refractivity contribution in [3.05, 3.63) is 72.9 Å². The van der Waals surface area contributed by atoms with Crippen molar-refractivity contribution >= 4 is 21.7 Å². The van der Waals surface area contributed by atoms with E-state index in [-0.39, 0.29) is 0 Å². The van der Waals surface area contributed by atoms with Crippen LogP contribution in [-0.4, -0.2) is 4.98 Å². The molecule has 1 aromatic heterocycles. The number of fused-ring (bicyclic) bond motifs is 2. The molecular weight excluding hydrogens is 230 g/mol. The van der Waals surface area contributed by atoms with Gasteiger partial charge in [-0.2, -0.15) is 0 Å². The molecule has 90 valence electrons. The van der Waals surface area contributed by atoms with Gasteiger partial charge in [0.05, 0.1) is 0 Å².